The van der Waals surface area contributed by atoms with Crippen LogP contribution in [0.3, 0.4) is 0 Å². The molecule has 0 N–H and O–H groups in total. The molecule has 0 spiro atoms. The van der Waals surface area contributed by atoms with E-state index in [0.29, 0.717) is 5.92 Å². The van der Waals surface area contributed by atoms with Crippen molar-refractivity contribution in [1.82, 2.24) is 9.80 Å². The highest BCUT2D eigenvalue weighted by molar-refractivity contribution is 5.68. The van der Waals surface area contributed by atoms with Gasteiger partial charge in [0.15, 0.2) is 0 Å². The summed E-state index contributed by atoms with van der Waals surface area (Å²) in [7, 11) is 0. The number of ether oxygens (including phenoxy) is 1. The minimum Gasteiger partial charge on any atom is -0.444 e. The van der Waals surface area contributed by atoms with Crippen molar-refractivity contribution in [3.05, 3.63) is 34.8 Å². The van der Waals surface area contributed by atoms with Crippen LogP contribution < -0.4 is 10.6 Å². The molecule has 2 aliphatic heterocycles. The Morgan fingerprint density at radius 2 is 1.92 bits per heavy atom. The Morgan fingerprint density at radius 3 is 2.62 bits per heavy atom. The molecule has 3 rings (SSSR count). The lowest BCUT2D eigenvalue weighted by molar-refractivity contribution is 0.0140. The van der Waals surface area contributed by atoms with Gasteiger partial charge in [-0.2, -0.15) is 0 Å². The maximum Gasteiger partial charge on any atom is 0.410 e. The normalized spacial score (nSPS) is 21.5. The van der Waals surface area contributed by atoms with Crippen molar-refractivity contribution >= 4 is 12.2 Å². The lowest BCUT2D eigenvalue weighted by Crippen LogP contribution is -2.51. The molecule has 24 heavy (non-hydrogen) atoms. The average Bonchev–Trinajstić information content (AvgIpc) is 2.54. The Bertz CT molecular complexity index is 700. The summed E-state index contributed by atoms with van der Waals surface area (Å²) < 4.78 is 5.45. The van der Waals surface area contributed by atoms with Gasteiger partial charge in [0.2, 0.25) is 0 Å². The van der Waals surface area contributed by atoms with Crippen molar-refractivity contribution in [3.8, 4) is 0 Å². The second kappa shape index (κ2) is 6.93. The summed E-state index contributed by atoms with van der Waals surface area (Å²) in [6.07, 6.45) is 2.14. The summed E-state index contributed by atoms with van der Waals surface area (Å²) in [4.78, 5) is 21.0. The molecule has 0 aromatic heterocycles. The standard InChI is InChI=1S/C19H27N3O2/c1-19(2,3)24-18(23)22-10-8-21(9-11-22)14-15-12-16-6-4-5-7-17(16)20-13-15/h4-7,12,15H,8-11,13-14H2,1-3H3. The zero-order chi connectivity index (χ0) is 17.2. The van der Waals surface area contributed by atoms with Crippen LogP contribution in [0.15, 0.2) is 29.3 Å². The van der Waals surface area contributed by atoms with E-state index in [4.69, 9.17) is 4.74 Å². The van der Waals surface area contributed by atoms with Gasteiger partial charge in [-0.15, -0.1) is 0 Å². The Balaban J connectivity index is 1.51. The van der Waals surface area contributed by atoms with E-state index in [1.165, 1.54) is 5.22 Å². The summed E-state index contributed by atoms with van der Waals surface area (Å²) in [5, 5.41) is 2.34. The highest BCUT2D eigenvalue weighted by Crippen LogP contribution is 2.13. The van der Waals surface area contributed by atoms with Crippen LogP contribution in [0.2, 0.25) is 0 Å². The maximum absolute atomic E-state index is 12.1. The number of para-hydroxylation sites is 1. The number of benzene rings is 1. The first-order chi connectivity index (χ1) is 11.4. The Labute approximate surface area is 143 Å². The summed E-state index contributed by atoms with van der Waals surface area (Å²) >= 11 is 0. The fourth-order valence-corrected chi connectivity index (χ4v) is 3.18. The molecule has 130 valence electrons. The molecule has 1 unspecified atom stereocenters. The quantitative estimate of drug-likeness (QED) is 0.821. The molecule has 2 aliphatic rings. The lowest BCUT2D eigenvalue weighted by atomic mass is 10.0. The van der Waals surface area contributed by atoms with Crippen LogP contribution in [0, 0.1) is 5.92 Å². The number of carbonyl (C=O) groups excluding carboxylic acids is 1. The molecule has 2 heterocycles. The molecule has 1 saturated heterocycles. The third-order valence-electron chi connectivity index (χ3n) is 4.36. The van der Waals surface area contributed by atoms with E-state index in [9.17, 15) is 4.79 Å². The minimum absolute atomic E-state index is 0.199. The molecule has 0 radical (unpaired) electrons. The first kappa shape index (κ1) is 17.0. The predicted octanol–water partition coefficient (Wildman–Crippen LogP) is 1.27. The van der Waals surface area contributed by atoms with Crippen LogP contribution >= 0.6 is 0 Å². The zero-order valence-electron chi connectivity index (χ0n) is 14.9. The van der Waals surface area contributed by atoms with Crippen LogP contribution in [-0.2, 0) is 4.74 Å². The van der Waals surface area contributed by atoms with Crippen molar-refractivity contribution in [2.75, 3.05) is 39.3 Å². The van der Waals surface area contributed by atoms with Crippen LogP contribution in [0.25, 0.3) is 6.08 Å². The fourth-order valence-electron chi connectivity index (χ4n) is 3.18. The van der Waals surface area contributed by atoms with Crippen LogP contribution in [0.5, 0.6) is 0 Å². The smallest absolute Gasteiger partial charge is 0.410 e. The zero-order valence-corrected chi connectivity index (χ0v) is 14.9. The summed E-state index contributed by atoms with van der Waals surface area (Å²) in [5.74, 6) is 0.452. The van der Waals surface area contributed by atoms with E-state index < -0.39 is 5.60 Å². The van der Waals surface area contributed by atoms with Gasteiger partial charge >= 0.3 is 6.09 Å². The summed E-state index contributed by atoms with van der Waals surface area (Å²) in [6, 6.07) is 8.30. The van der Waals surface area contributed by atoms with Crippen molar-refractivity contribution in [3.63, 3.8) is 0 Å². The number of piperazine rings is 1. The van der Waals surface area contributed by atoms with E-state index in [1.807, 2.05) is 31.7 Å². The largest absolute Gasteiger partial charge is 0.444 e. The highest BCUT2D eigenvalue weighted by Gasteiger charge is 2.26. The molecule has 1 aromatic carbocycles. The van der Waals surface area contributed by atoms with Gasteiger partial charge in [0.1, 0.15) is 5.60 Å². The van der Waals surface area contributed by atoms with E-state index in [1.54, 1.807) is 0 Å². The van der Waals surface area contributed by atoms with Crippen molar-refractivity contribution in [2.24, 2.45) is 10.9 Å². The maximum atomic E-state index is 12.1. The molecule has 1 aromatic rings. The summed E-state index contributed by atoms with van der Waals surface area (Å²) in [5.41, 5.74) is -0.430. The molecular formula is C19H27N3O2. The molecule has 0 saturated carbocycles. The van der Waals surface area contributed by atoms with Crippen molar-refractivity contribution in [2.45, 2.75) is 26.4 Å². The van der Waals surface area contributed by atoms with Gasteiger partial charge in [-0.25, -0.2) is 4.79 Å². The number of nitrogens with zero attached hydrogens (tertiary/aromatic N) is 3. The average molecular weight is 329 g/mol. The Kier molecular flexibility index (Phi) is 4.90. The topological polar surface area (TPSA) is 45.1 Å². The van der Waals surface area contributed by atoms with Gasteiger partial charge in [-0.1, -0.05) is 24.3 Å². The molecule has 5 heteroatoms. The number of carbonyl (C=O) groups is 1. The SMILES string of the molecule is CC(C)(C)OC(=O)N1CCN(CC2C=c3ccccc3=NC2)CC1. The minimum atomic E-state index is -0.430. The van der Waals surface area contributed by atoms with Crippen molar-refractivity contribution < 1.29 is 9.53 Å². The van der Waals surface area contributed by atoms with Gasteiger partial charge < -0.3 is 9.64 Å². The fraction of sp³-hybridized carbons (Fsp3) is 0.579. The van der Waals surface area contributed by atoms with Gasteiger partial charge in [0.05, 0.1) is 5.36 Å². The molecular weight excluding hydrogens is 302 g/mol. The molecule has 0 aliphatic carbocycles. The van der Waals surface area contributed by atoms with Crippen LogP contribution in [-0.4, -0.2) is 60.8 Å². The summed E-state index contributed by atoms with van der Waals surface area (Å²) in [6.45, 7) is 10.8. The molecule has 1 atom stereocenters. The number of hydrogen-bond acceptors (Lipinski definition) is 4. The van der Waals surface area contributed by atoms with E-state index in [2.05, 4.69) is 34.2 Å². The van der Waals surface area contributed by atoms with Crippen molar-refractivity contribution in [1.29, 1.82) is 0 Å². The van der Waals surface area contributed by atoms with Gasteiger partial charge in [0.25, 0.3) is 0 Å². The lowest BCUT2D eigenvalue weighted by Gasteiger charge is -2.36. The number of amides is 1. The van der Waals surface area contributed by atoms with Gasteiger partial charge in [-0.05, 0) is 32.1 Å². The Hall–Kier alpha value is -1.88. The number of hydrogen-bond donors (Lipinski definition) is 0. The molecule has 5 nitrogen and oxygen atoms in total. The second-order valence-electron chi connectivity index (χ2n) is 7.59. The van der Waals surface area contributed by atoms with Gasteiger partial charge in [0, 0.05) is 45.2 Å². The van der Waals surface area contributed by atoms with Crippen LogP contribution in [0.1, 0.15) is 20.8 Å². The molecule has 1 fully saturated rings. The molecule has 0 bridgehead atoms. The van der Waals surface area contributed by atoms with E-state index >= 15 is 0 Å². The van der Waals surface area contributed by atoms with E-state index in [0.717, 1.165) is 44.6 Å². The third kappa shape index (κ3) is 4.35. The monoisotopic (exact) mass is 329 g/mol. The van der Waals surface area contributed by atoms with E-state index in [-0.39, 0.29) is 6.09 Å². The molecule has 1 amide bonds. The predicted molar refractivity (Wildman–Crippen MR) is 94.3 cm³/mol. The number of rotatable bonds is 2. The van der Waals surface area contributed by atoms with Crippen LogP contribution in [0.4, 0.5) is 4.79 Å². The highest BCUT2D eigenvalue weighted by atomic mass is 16.6. The first-order valence-corrected chi connectivity index (χ1v) is 8.72. The third-order valence-corrected chi connectivity index (χ3v) is 4.36. The first-order valence-electron chi connectivity index (χ1n) is 8.72. The second-order valence-corrected chi connectivity index (χ2v) is 7.59. The van der Waals surface area contributed by atoms with Gasteiger partial charge in [-0.3, -0.25) is 9.89 Å². The number of fused-ring (bicyclic) bond motifs is 1. The Morgan fingerprint density at radius 1 is 1.21 bits per heavy atom.